The molecule has 0 aliphatic heterocycles. The number of nitrogens with two attached hydrogens (primary N) is 1. The number of hydrogen-bond donors (Lipinski definition) is 1. The van der Waals surface area contributed by atoms with Crippen molar-refractivity contribution in [3.05, 3.63) is 0 Å². The van der Waals surface area contributed by atoms with Crippen LogP contribution in [-0.2, 0) is 4.74 Å². The van der Waals surface area contributed by atoms with Crippen molar-refractivity contribution in [1.82, 2.24) is 4.90 Å². The highest BCUT2D eigenvalue weighted by Crippen LogP contribution is 2.20. The van der Waals surface area contributed by atoms with E-state index in [1.54, 1.807) is 14.1 Å². The highest BCUT2D eigenvalue weighted by Gasteiger charge is 2.25. The molecule has 0 bridgehead atoms. The van der Waals surface area contributed by atoms with Crippen molar-refractivity contribution in [2.45, 2.75) is 37.8 Å². The number of ether oxygens (including phenoxy) is 1. The van der Waals surface area contributed by atoms with Crippen LogP contribution in [0.5, 0.6) is 0 Å². The van der Waals surface area contributed by atoms with Crippen molar-refractivity contribution in [3.63, 3.8) is 0 Å². The molecule has 1 aliphatic carbocycles. The Morgan fingerprint density at radius 2 is 2.00 bits per heavy atom. The molecule has 0 saturated heterocycles. The van der Waals surface area contributed by atoms with Gasteiger partial charge in [-0.25, -0.2) is 4.79 Å². The van der Waals surface area contributed by atoms with Crippen LogP contribution in [0, 0.1) is 0 Å². The zero-order valence-corrected chi connectivity index (χ0v) is 8.32. The van der Waals surface area contributed by atoms with Crippen LogP contribution in [0.25, 0.3) is 0 Å². The number of rotatable bonds is 1. The lowest BCUT2D eigenvalue weighted by atomic mass is 9.93. The SMILES string of the molecule is CN(C)C(=O)O[C@@H]1CCCC[C@H]1N. The number of hydrogen-bond acceptors (Lipinski definition) is 3. The first-order chi connectivity index (χ1) is 6.11. The minimum absolute atomic E-state index is 0.0256. The summed E-state index contributed by atoms with van der Waals surface area (Å²) in [6.07, 6.45) is 3.76. The highest BCUT2D eigenvalue weighted by molar-refractivity contribution is 5.67. The van der Waals surface area contributed by atoms with E-state index in [1.165, 1.54) is 4.90 Å². The third-order valence-electron chi connectivity index (χ3n) is 2.37. The van der Waals surface area contributed by atoms with Crippen molar-refractivity contribution < 1.29 is 9.53 Å². The Kier molecular flexibility index (Phi) is 3.54. The maximum Gasteiger partial charge on any atom is 0.409 e. The van der Waals surface area contributed by atoms with Gasteiger partial charge < -0.3 is 15.4 Å². The van der Waals surface area contributed by atoms with Crippen molar-refractivity contribution in [2.24, 2.45) is 5.73 Å². The van der Waals surface area contributed by atoms with Crippen molar-refractivity contribution in [3.8, 4) is 0 Å². The molecule has 1 aliphatic rings. The molecule has 1 saturated carbocycles. The lowest BCUT2D eigenvalue weighted by molar-refractivity contribution is 0.0449. The molecule has 13 heavy (non-hydrogen) atoms. The number of carbonyl (C=O) groups is 1. The Morgan fingerprint density at radius 3 is 2.54 bits per heavy atom. The van der Waals surface area contributed by atoms with E-state index in [-0.39, 0.29) is 18.2 Å². The van der Waals surface area contributed by atoms with E-state index in [2.05, 4.69) is 0 Å². The second kappa shape index (κ2) is 4.46. The predicted octanol–water partition coefficient (Wildman–Crippen LogP) is 0.954. The average molecular weight is 186 g/mol. The van der Waals surface area contributed by atoms with Crippen molar-refractivity contribution >= 4 is 6.09 Å². The summed E-state index contributed by atoms with van der Waals surface area (Å²) < 4.78 is 5.23. The standard InChI is InChI=1S/C9H18N2O2/c1-11(2)9(12)13-8-6-4-3-5-7(8)10/h7-8H,3-6,10H2,1-2H3/t7-,8-/m1/s1. The summed E-state index contributed by atoms with van der Waals surface area (Å²) in [5.74, 6) is 0. The van der Waals surface area contributed by atoms with Gasteiger partial charge in [-0.2, -0.15) is 0 Å². The molecule has 0 spiro atoms. The molecule has 4 nitrogen and oxygen atoms in total. The minimum atomic E-state index is -0.289. The molecule has 1 rings (SSSR count). The summed E-state index contributed by atoms with van der Waals surface area (Å²) >= 11 is 0. The van der Waals surface area contributed by atoms with Gasteiger partial charge in [0, 0.05) is 20.1 Å². The van der Waals surface area contributed by atoms with Gasteiger partial charge in [0.15, 0.2) is 0 Å². The first-order valence-corrected chi connectivity index (χ1v) is 4.75. The molecule has 2 N–H and O–H groups in total. The summed E-state index contributed by atoms with van der Waals surface area (Å²) in [6, 6.07) is 0.0256. The van der Waals surface area contributed by atoms with Gasteiger partial charge in [0.25, 0.3) is 0 Å². The van der Waals surface area contributed by atoms with Gasteiger partial charge in [-0.15, -0.1) is 0 Å². The molecule has 0 aromatic heterocycles. The monoisotopic (exact) mass is 186 g/mol. The minimum Gasteiger partial charge on any atom is -0.444 e. The van der Waals surface area contributed by atoms with Crippen molar-refractivity contribution in [1.29, 1.82) is 0 Å². The number of nitrogens with zero attached hydrogens (tertiary/aromatic N) is 1. The van der Waals surface area contributed by atoms with Gasteiger partial charge in [-0.1, -0.05) is 6.42 Å². The topological polar surface area (TPSA) is 55.6 Å². The summed E-state index contributed by atoms with van der Waals surface area (Å²) in [4.78, 5) is 12.6. The third kappa shape index (κ3) is 2.88. The van der Waals surface area contributed by atoms with Gasteiger partial charge >= 0.3 is 6.09 Å². The van der Waals surface area contributed by atoms with Crippen LogP contribution >= 0.6 is 0 Å². The Hall–Kier alpha value is -0.770. The van der Waals surface area contributed by atoms with E-state index < -0.39 is 0 Å². The van der Waals surface area contributed by atoms with Gasteiger partial charge in [0.1, 0.15) is 6.10 Å². The second-order valence-corrected chi connectivity index (χ2v) is 3.76. The first kappa shape index (κ1) is 10.3. The van der Waals surface area contributed by atoms with E-state index in [1.807, 2.05) is 0 Å². The lowest BCUT2D eigenvalue weighted by Crippen LogP contribution is -2.42. The van der Waals surface area contributed by atoms with Gasteiger partial charge in [0.05, 0.1) is 0 Å². The summed E-state index contributed by atoms with van der Waals surface area (Å²) in [6.45, 7) is 0. The Bertz CT molecular complexity index is 182. The molecule has 4 heteroatoms. The van der Waals surface area contributed by atoms with E-state index in [0.29, 0.717) is 0 Å². The average Bonchev–Trinajstić information content (AvgIpc) is 2.08. The molecular weight excluding hydrogens is 168 g/mol. The van der Waals surface area contributed by atoms with Crippen LogP contribution in [-0.4, -0.2) is 37.2 Å². The fourth-order valence-electron chi connectivity index (χ4n) is 1.51. The number of amides is 1. The Balaban J connectivity index is 2.38. The van der Waals surface area contributed by atoms with Crippen LogP contribution in [0.15, 0.2) is 0 Å². The van der Waals surface area contributed by atoms with Crippen LogP contribution < -0.4 is 5.73 Å². The molecule has 2 atom stereocenters. The third-order valence-corrected chi connectivity index (χ3v) is 2.37. The van der Waals surface area contributed by atoms with Crippen LogP contribution in [0.1, 0.15) is 25.7 Å². The van der Waals surface area contributed by atoms with E-state index in [0.717, 1.165) is 25.7 Å². The molecule has 1 amide bonds. The maximum absolute atomic E-state index is 11.2. The zero-order valence-electron chi connectivity index (χ0n) is 8.32. The molecule has 76 valence electrons. The van der Waals surface area contributed by atoms with E-state index in [4.69, 9.17) is 10.5 Å². The lowest BCUT2D eigenvalue weighted by Gasteiger charge is -2.29. The summed E-state index contributed by atoms with van der Waals surface area (Å²) in [5, 5.41) is 0. The largest absolute Gasteiger partial charge is 0.444 e. The van der Waals surface area contributed by atoms with Crippen LogP contribution in [0.2, 0.25) is 0 Å². The smallest absolute Gasteiger partial charge is 0.409 e. The van der Waals surface area contributed by atoms with Crippen LogP contribution in [0.3, 0.4) is 0 Å². The second-order valence-electron chi connectivity index (χ2n) is 3.76. The van der Waals surface area contributed by atoms with E-state index >= 15 is 0 Å². The summed E-state index contributed by atoms with van der Waals surface area (Å²) in [5.41, 5.74) is 5.83. The predicted molar refractivity (Wildman–Crippen MR) is 50.4 cm³/mol. The Morgan fingerprint density at radius 1 is 1.38 bits per heavy atom. The molecule has 1 fully saturated rings. The van der Waals surface area contributed by atoms with Crippen molar-refractivity contribution in [2.75, 3.05) is 14.1 Å². The molecule has 0 aromatic rings. The van der Waals surface area contributed by atoms with Gasteiger partial charge in [0.2, 0.25) is 0 Å². The molecule has 0 unspecified atom stereocenters. The molecule has 0 heterocycles. The quantitative estimate of drug-likeness (QED) is 0.663. The first-order valence-electron chi connectivity index (χ1n) is 4.75. The number of carbonyl (C=O) groups excluding carboxylic acids is 1. The van der Waals surface area contributed by atoms with Crippen LogP contribution in [0.4, 0.5) is 4.79 Å². The highest BCUT2D eigenvalue weighted by atomic mass is 16.6. The van der Waals surface area contributed by atoms with E-state index in [9.17, 15) is 4.79 Å². The normalized spacial score (nSPS) is 28.2. The zero-order chi connectivity index (χ0) is 9.84. The van der Waals surface area contributed by atoms with Gasteiger partial charge in [-0.05, 0) is 19.3 Å². The molecule has 0 radical (unpaired) electrons. The van der Waals surface area contributed by atoms with Gasteiger partial charge in [-0.3, -0.25) is 0 Å². The Labute approximate surface area is 79.0 Å². The summed E-state index contributed by atoms with van der Waals surface area (Å²) in [7, 11) is 3.35. The molecule has 0 aromatic carbocycles. The fourth-order valence-corrected chi connectivity index (χ4v) is 1.51. The molecular formula is C9H18N2O2. The fraction of sp³-hybridized carbons (Fsp3) is 0.889. The maximum atomic E-state index is 11.2.